The molecular formula is C11H9NO5. The van der Waals surface area contributed by atoms with E-state index in [-0.39, 0.29) is 28.6 Å². The largest absolute Gasteiger partial charge is 0.478 e. The Labute approximate surface area is 95.8 Å². The molecule has 0 saturated carbocycles. The second kappa shape index (κ2) is 3.89. The molecule has 6 heteroatoms. The summed E-state index contributed by atoms with van der Waals surface area (Å²) < 4.78 is 10.2. The van der Waals surface area contributed by atoms with Crippen LogP contribution in [0.2, 0.25) is 0 Å². The van der Waals surface area contributed by atoms with Crippen LogP contribution >= 0.6 is 0 Å². The molecule has 0 aliphatic heterocycles. The number of methoxy groups -OCH3 is 1. The molecule has 0 spiro atoms. The summed E-state index contributed by atoms with van der Waals surface area (Å²) in [5.41, 5.74) is 0.134. The first kappa shape index (κ1) is 11.1. The van der Waals surface area contributed by atoms with Crippen LogP contribution in [0.5, 0.6) is 5.88 Å². The smallest absolute Gasteiger partial charge is 0.338 e. The van der Waals surface area contributed by atoms with Crippen molar-refractivity contribution >= 4 is 22.7 Å². The number of ketones is 1. The lowest BCUT2D eigenvalue weighted by Gasteiger charge is -2.00. The van der Waals surface area contributed by atoms with E-state index < -0.39 is 5.97 Å². The zero-order chi connectivity index (χ0) is 12.6. The lowest BCUT2D eigenvalue weighted by Crippen LogP contribution is -1.99. The highest BCUT2D eigenvalue weighted by molar-refractivity contribution is 6.06. The first-order valence-electron chi connectivity index (χ1n) is 4.75. The minimum atomic E-state index is -1.14. The number of rotatable bonds is 3. The highest BCUT2D eigenvalue weighted by Crippen LogP contribution is 2.29. The third kappa shape index (κ3) is 1.73. The first-order chi connectivity index (χ1) is 8.04. The van der Waals surface area contributed by atoms with Crippen molar-refractivity contribution in [3.05, 3.63) is 23.6 Å². The Kier molecular flexibility index (Phi) is 2.55. The molecule has 2 aromatic heterocycles. The van der Waals surface area contributed by atoms with E-state index >= 15 is 0 Å². The van der Waals surface area contributed by atoms with Gasteiger partial charge in [0.2, 0.25) is 0 Å². The summed E-state index contributed by atoms with van der Waals surface area (Å²) in [7, 11) is 1.39. The summed E-state index contributed by atoms with van der Waals surface area (Å²) in [6.45, 7) is 1.33. The molecule has 0 amide bonds. The van der Waals surface area contributed by atoms with Crippen LogP contribution in [0.3, 0.4) is 0 Å². The molecule has 17 heavy (non-hydrogen) atoms. The Morgan fingerprint density at radius 2 is 2.18 bits per heavy atom. The Hall–Kier alpha value is -2.37. The fourth-order valence-electron chi connectivity index (χ4n) is 1.49. The van der Waals surface area contributed by atoms with Crippen molar-refractivity contribution in [2.24, 2.45) is 0 Å². The molecule has 0 saturated heterocycles. The van der Waals surface area contributed by atoms with Gasteiger partial charge in [-0.15, -0.1) is 0 Å². The van der Waals surface area contributed by atoms with Crippen LogP contribution in [-0.2, 0) is 0 Å². The number of Topliss-reactive ketones (excluding diaryl/α,β-unsaturated/α-hetero) is 1. The number of furan rings is 1. The number of hydrogen-bond donors (Lipinski definition) is 1. The number of pyridine rings is 1. The van der Waals surface area contributed by atoms with Gasteiger partial charge in [0.25, 0.3) is 5.88 Å². The highest BCUT2D eigenvalue weighted by Gasteiger charge is 2.19. The van der Waals surface area contributed by atoms with Crippen molar-refractivity contribution in [2.75, 3.05) is 7.11 Å². The molecular weight excluding hydrogens is 226 g/mol. The number of carbonyl (C=O) groups is 2. The molecule has 0 fully saturated rings. The number of aromatic nitrogens is 1. The summed E-state index contributed by atoms with van der Waals surface area (Å²) in [5, 5.41) is 9.29. The van der Waals surface area contributed by atoms with Crippen LogP contribution < -0.4 is 4.74 Å². The monoisotopic (exact) mass is 235 g/mol. The number of fused-ring (bicyclic) bond motifs is 1. The van der Waals surface area contributed by atoms with Gasteiger partial charge in [0, 0.05) is 18.5 Å². The Bertz CT molecular complexity index is 614. The maximum atomic E-state index is 11.2. The number of carboxylic acid groups (broad SMARTS) is 1. The molecule has 0 atom stereocenters. The van der Waals surface area contributed by atoms with E-state index in [4.69, 9.17) is 14.3 Å². The molecule has 6 nitrogen and oxygen atoms in total. The number of hydrogen-bond acceptors (Lipinski definition) is 5. The van der Waals surface area contributed by atoms with Gasteiger partial charge in [-0.05, 0) is 6.07 Å². The number of nitrogens with zero attached hydrogens (tertiary/aromatic N) is 1. The predicted octanol–water partition coefficient (Wildman–Crippen LogP) is 1.74. The fraction of sp³-hybridized carbons (Fsp3) is 0.182. The number of carboxylic acids is 1. The van der Waals surface area contributed by atoms with E-state index in [2.05, 4.69) is 4.98 Å². The van der Waals surface area contributed by atoms with Crippen molar-refractivity contribution in [1.29, 1.82) is 0 Å². The summed E-state index contributed by atoms with van der Waals surface area (Å²) in [5.74, 6) is -1.20. The van der Waals surface area contributed by atoms with Crippen molar-refractivity contribution in [2.45, 2.75) is 6.92 Å². The van der Waals surface area contributed by atoms with Gasteiger partial charge in [0.15, 0.2) is 17.1 Å². The lowest BCUT2D eigenvalue weighted by molar-refractivity contribution is 0.0698. The second-order valence-corrected chi connectivity index (χ2v) is 3.40. The van der Waals surface area contributed by atoms with E-state index in [1.165, 1.54) is 26.3 Å². The number of aromatic carboxylic acids is 1. The molecule has 0 aliphatic rings. The Morgan fingerprint density at radius 3 is 2.71 bits per heavy atom. The Morgan fingerprint density at radius 1 is 1.47 bits per heavy atom. The van der Waals surface area contributed by atoms with Gasteiger partial charge in [0.05, 0.1) is 12.7 Å². The zero-order valence-electron chi connectivity index (χ0n) is 9.18. The van der Waals surface area contributed by atoms with Crippen molar-refractivity contribution in [1.82, 2.24) is 4.98 Å². The summed E-state index contributed by atoms with van der Waals surface area (Å²) in [6.07, 6.45) is 1.17. The van der Waals surface area contributed by atoms with E-state index in [1.807, 2.05) is 0 Å². The fourth-order valence-corrected chi connectivity index (χ4v) is 1.49. The molecule has 2 aromatic rings. The second-order valence-electron chi connectivity index (χ2n) is 3.40. The molecule has 0 radical (unpaired) electrons. The number of ether oxygens (including phenoxy) is 1. The van der Waals surface area contributed by atoms with E-state index in [0.29, 0.717) is 5.39 Å². The summed E-state index contributed by atoms with van der Waals surface area (Å²) in [4.78, 5) is 26.0. The van der Waals surface area contributed by atoms with Crippen LogP contribution in [-0.4, -0.2) is 29.0 Å². The molecule has 1 N–H and O–H groups in total. The van der Waals surface area contributed by atoms with Crippen LogP contribution in [0.1, 0.15) is 27.8 Å². The maximum absolute atomic E-state index is 11.2. The minimum Gasteiger partial charge on any atom is -0.478 e. The highest BCUT2D eigenvalue weighted by atomic mass is 16.5. The first-order valence-corrected chi connectivity index (χ1v) is 4.75. The molecule has 88 valence electrons. The van der Waals surface area contributed by atoms with E-state index in [0.717, 1.165) is 0 Å². The van der Waals surface area contributed by atoms with Crippen molar-refractivity contribution < 1.29 is 23.8 Å². The quantitative estimate of drug-likeness (QED) is 0.815. The molecule has 2 heterocycles. The van der Waals surface area contributed by atoms with Gasteiger partial charge in [-0.1, -0.05) is 0 Å². The topological polar surface area (TPSA) is 89.6 Å². The zero-order valence-corrected chi connectivity index (χ0v) is 9.18. The van der Waals surface area contributed by atoms with Gasteiger partial charge in [0.1, 0.15) is 0 Å². The molecule has 0 bridgehead atoms. The Balaban J connectivity index is 2.81. The van der Waals surface area contributed by atoms with Gasteiger partial charge in [-0.2, -0.15) is 0 Å². The summed E-state index contributed by atoms with van der Waals surface area (Å²) in [6, 6.07) is 1.38. The van der Waals surface area contributed by atoms with Gasteiger partial charge in [-0.25, -0.2) is 9.78 Å². The van der Waals surface area contributed by atoms with E-state index in [1.54, 1.807) is 0 Å². The standard InChI is InChI=1S/C11H9NO5/c1-5(13)8-3-6-7(11(14)15)4-12-10(16-2)9(6)17-8/h3-4H,1-2H3,(H,14,15). The summed E-state index contributed by atoms with van der Waals surface area (Å²) >= 11 is 0. The number of carbonyl (C=O) groups excluding carboxylic acids is 1. The molecule has 2 rings (SSSR count). The normalized spacial score (nSPS) is 10.5. The average Bonchev–Trinajstić information content (AvgIpc) is 2.71. The van der Waals surface area contributed by atoms with Gasteiger partial charge >= 0.3 is 5.97 Å². The van der Waals surface area contributed by atoms with Crippen LogP contribution in [0.15, 0.2) is 16.7 Å². The molecule has 0 aliphatic carbocycles. The lowest BCUT2D eigenvalue weighted by atomic mass is 10.1. The van der Waals surface area contributed by atoms with Gasteiger partial charge < -0.3 is 14.3 Å². The average molecular weight is 235 g/mol. The van der Waals surface area contributed by atoms with E-state index in [9.17, 15) is 9.59 Å². The third-order valence-electron chi connectivity index (χ3n) is 2.30. The molecule has 0 aromatic carbocycles. The maximum Gasteiger partial charge on any atom is 0.338 e. The van der Waals surface area contributed by atoms with Gasteiger partial charge in [-0.3, -0.25) is 4.79 Å². The minimum absolute atomic E-state index is 0.0305. The molecule has 0 unspecified atom stereocenters. The predicted molar refractivity (Wildman–Crippen MR) is 57.5 cm³/mol. The van der Waals surface area contributed by atoms with Crippen LogP contribution in [0.4, 0.5) is 0 Å². The van der Waals surface area contributed by atoms with Crippen LogP contribution in [0.25, 0.3) is 11.0 Å². The van der Waals surface area contributed by atoms with Crippen molar-refractivity contribution in [3.8, 4) is 5.88 Å². The van der Waals surface area contributed by atoms with Crippen molar-refractivity contribution in [3.63, 3.8) is 0 Å². The third-order valence-corrected chi connectivity index (χ3v) is 2.30. The van der Waals surface area contributed by atoms with Crippen LogP contribution in [0, 0.1) is 0 Å². The SMILES string of the molecule is COc1ncc(C(=O)O)c2cc(C(C)=O)oc12.